The third-order valence-corrected chi connectivity index (χ3v) is 4.62. The van der Waals surface area contributed by atoms with Crippen LogP contribution in [0.2, 0.25) is 0 Å². The summed E-state index contributed by atoms with van der Waals surface area (Å²) in [5.74, 6) is 0.278. The molecule has 0 aliphatic rings. The van der Waals surface area contributed by atoms with Crippen LogP contribution in [-0.4, -0.2) is 35.1 Å². The molecule has 0 aliphatic carbocycles. The summed E-state index contributed by atoms with van der Waals surface area (Å²) in [5.41, 5.74) is 1.69. The monoisotopic (exact) mass is 354 g/mol. The zero-order valence-corrected chi connectivity index (χ0v) is 13.4. The van der Waals surface area contributed by atoms with Gasteiger partial charge in [0.2, 0.25) is 0 Å². The van der Waals surface area contributed by atoms with Crippen molar-refractivity contribution in [2.75, 3.05) is 0 Å². The van der Waals surface area contributed by atoms with Crippen LogP contribution in [0.15, 0.2) is 47.6 Å². The Morgan fingerprint density at radius 3 is 2.92 bits per heavy atom. The molecule has 124 valence electrons. The number of nitro groups is 1. The van der Waals surface area contributed by atoms with Gasteiger partial charge in [0, 0.05) is 28.8 Å². The smallest absolute Gasteiger partial charge is 0.270 e. The van der Waals surface area contributed by atoms with E-state index in [-0.39, 0.29) is 17.2 Å². The second-order valence-corrected chi connectivity index (χ2v) is 6.13. The summed E-state index contributed by atoms with van der Waals surface area (Å²) in [4.78, 5) is 14.9. The highest BCUT2D eigenvalue weighted by Crippen LogP contribution is 2.30. The van der Waals surface area contributed by atoms with Crippen LogP contribution >= 0.6 is 11.8 Å². The largest absolute Gasteiger partial charge is 0.508 e. The number of hydrogen-bond donors (Lipinski definition) is 1. The molecule has 9 nitrogen and oxygen atoms in total. The predicted octanol–water partition coefficient (Wildman–Crippen LogP) is 2.58. The number of aromatic nitrogens is 5. The first-order chi connectivity index (χ1) is 12.1. The molecule has 4 aromatic rings. The molecule has 0 saturated carbocycles. The zero-order valence-electron chi connectivity index (χ0n) is 12.6. The minimum Gasteiger partial charge on any atom is -0.508 e. The van der Waals surface area contributed by atoms with E-state index in [9.17, 15) is 15.2 Å². The van der Waals surface area contributed by atoms with E-state index in [4.69, 9.17) is 0 Å². The molecule has 0 saturated heterocycles. The van der Waals surface area contributed by atoms with Crippen LogP contribution in [-0.2, 0) is 5.75 Å². The molecular weight excluding hydrogens is 344 g/mol. The average molecular weight is 354 g/mol. The number of benzene rings is 2. The standard InChI is InChI=1S/C15H10N6O3S/c22-13-6-5-10(21(23)24)7-9(13)8-25-15-16-12-4-2-1-3-11(12)14-17-18-19-20(14)15/h1-7,22H,8H2. The Bertz CT molecular complexity index is 1110. The Balaban J connectivity index is 1.72. The Labute approximate surface area is 144 Å². The molecule has 2 heterocycles. The van der Waals surface area contributed by atoms with Gasteiger partial charge in [0.25, 0.3) is 5.69 Å². The second kappa shape index (κ2) is 5.98. The number of hydrogen-bond acceptors (Lipinski definition) is 8. The molecule has 0 amide bonds. The lowest BCUT2D eigenvalue weighted by molar-refractivity contribution is -0.384. The average Bonchev–Trinajstić information content (AvgIpc) is 3.11. The van der Waals surface area contributed by atoms with E-state index in [2.05, 4.69) is 20.5 Å². The Kier molecular flexibility index (Phi) is 3.65. The van der Waals surface area contributed by atoms with Gasteiger partial charge < -0.3 is 5.11 Å². The van der Waals surface area contributed by atoms with Crippen LogP contribution in [0, 0.1) is 10.1 Å². The fourth-order valence-corrected chi connectivity index (χ4v) is 3.36. The predicted molar refractivity (Wildman–Crippen MR) is 90.4 cm³/mol. The van der Waals surface area contributed by atoms with Gasteiger partial charge in [-0.15, -0.1) is 5.10 Å². The van der Waals surface area contributed by atoms with Crippen molar-refractivity contribution in [2.45, 2.75) is 10.9 Å². The topological polar surface area (TPSA) is 119 Å². The number of tetrazole rings is 1. The lowest BCUT2D eigenvalue weighted by Gasteiger charge is -2.06. The number of phenols is 1. The molecule has 0 bridgehead atoms. The van der Waals surface area contributed by atoms with E-state index in [0.29, 0.717) is 16.4 Å². The molecule has 0 radical (unpaired) electrons. The molecule has 0 spiro atoms. The van der Waals surface area contributed by atoms with Crippen molar-refractivity contribution in [1.29, 1.82) is 0 Å². The molecule has 0 fully saturated rings. The summed E-state index contributed by atoms with van der Waals surface area (Å²) in [7, 11) is 0. The molecule has 25 heavy (non-hydrogen) atoms. The van der Waals surface area contributed by atoms with Gasteiger partial charge in [-0.1, -0.05) is 23.9 Å². The number of para-hydroxylation sites is 1. The van der Waals surface area contributed by atoms with Crippen molar-refractivity contribution in [2.24, 2.45) is 0 Å². The summed E-state index contributed by atoms with van der Waals surface area (Å²) in [6, 6.07) is 11.4. The van der Waals surface area contributed by atoms with Gasteiger partial charge in [0.1, 0.15) is 5.75 Å². The number of thioether (sulfide) groups is 1. The van der Waals surface area contributed by atoms with E-state index in [1.807, 2.05) is 24.3 Å². The highest BCUT2D eigenvalue weighted by atomic mass is 32.2. The maximum absolute atomic E-state index is 10.9. The highest BCUT2D eigenvalue weighted by molar-refractivity contribution is 7.98. The molecule has 0 atom stereocenters. The normalized spacial score (nSPS) is 11.2. The Hall–Kier alpha value is -3.27. The summed E-state index contributed by atoms with van der Waals surface area (Å²) in [6.07, 6.45) is 0. The molecule has 0 unspecified atom stereocenters. The van der Waals surface area contributed by atoms with Gasteiger partial charge in [-0.2, -0.15) is 4.52 Å². The van der Waals surface area contributed by atoms with Crippen LogP contribution in [0.1, 0.15) is 5.56 Å². The molecule has 4 rings (SSSR count). The van der Waals surface area contributed by atoms with Gasteiger partial charge in [-0.05, 0) is 28.6 Å². The van der Waals surface area contributed by atoms with Crippen molar-refractivity contribution in [3.8, 4) is 5.75 Å². The summed E-state index contributed by atoms with van der Waals surface area (Å²) >= 11 is 1.28. The van der Waals surface area contributed by atoms with Crippen molar-refractivity contribution in [1.82, 2.24) is 25.0 Å². The Morgan fingerprint density at radius 2 is 2.08 bits per heavy atom. The lowest BCUT2D eigenvalue weighted by Crippen LogP contribution is -1.99. The van der Waals surface area contributed by atoms with Crippen molar-refractivity contribution < 1.29 is 10.0 Å². The fourth-order valence-electron chi connectivity index (χ4n) is 2.43. The number of rotatable bonds is 4. The SMILES string of the molecule is O=[N+]([O-])c1ccc(O)c(CSc2nc3ccccc3c3nnnn23)c1. The first-order valence-electron chi connectivity index (χ1n) is 7.19. The zero-order chi connectivity index (χ0) is 17.4. The van der Waals surface area contributed by atoms with E-state index in [0.717, 1.165) is 10.9 Å². The van der Waals surface area contributed by atoms with Crippen molar-refractivity contribution in [3.05, 3.63) is 58.1 Å². The van der Waals surface area contributed by atoms with E-state index >= 15 is 0 Å². The van der Waals surface area contributed by atoms with Gasteiger partial charge in [-0.25, -0.2) is 4.98 Å². The van der Waals surface area contributed by atoms with Gasteiger partial charge in [-0.3, -0.25) is 10.1 Å². The number of nitrogens with zero attached hydrogens (tertiary/aromatic N) is 6. The van der Waals surface area contributed by atoms with E-state index in [1.165, 1.54) is 34.5 Å². The first-order valence-corrected chi connectivity index (χ1v) is 8.18. The molecule has 2 aromatic carbocycles. The fraction of sp³-hybridized carbons (Fsp3) is 0.0667. The molecule has 10 heteroatoms. The quantitative estimate of drug-likeness (QED) is 0.257. The number of non-ortho nitro benzene ring substituents is 1. The van der Waals surface area contributed by atoms with E-state index < -0.39 is 4.92 Å². The van der Waals surface area contributed by atoms with Crippen LogP contribution in [0.25, 0.3) is 16.6 Å². The van der Waals surface area contributed by atoms with Crippen LogP contribution in [0.4, 0.5) is 5.69 Å². The van der Waals surface area contributed by atoms with Crippen molar-refractivity contribution >= 4 is 34.0 Å². The minimum absolute atomic E-state index is 0.00755. The number of phenolic OH excluding ortho intramolecular Hbond substituents is 1. The maximum Gasteiger partial charge on any atom is 0.270 e. The first kappa shape index (κ1) is 15.3. The lowest BCUT2D eigenvalue weighted by atomic mass is 10.2. The van der Waals surface area contributed by atoms with Gasteiger partial charge in [0.15, 0.2) is 10.8 Å². The highest BCUT2D eigenvalue weighted by Gasteiger charge is 2.14. The summed E-state index contributed by atoms with van der Waals surface area (Å²) in [6.45, 7) is 0. The summed E-state index contributed by atoms with van der Waals surface area (Å²) in [5, 5.41) is 33.9. The number of aromatic hydroxyl groups is 1. The molecule has 1 N–H and O–H groups in total. The number of fused-ring (bicyclic) bond motifs is 3. The minimum atomic E-state index is -0.499. The summed E-state index contributed by atoms with van der Waals surface area (Å²) < 4.78 is 1.52. The Morgan fingerprint density at radius 1 is 1.24 bits per heavy atom. The maximum atomic E-state index is 10.9. The number of nitro benzene ring substituents is 1. The molecular formula is C15H10N6O3S. The third kappa shape index (κ3) is 2.72. The van der Waals surface area contributed by atoms with Gasteiger partial charge >= 0.3 is 0 Å². The third-order valence-electron chi connectivity index (χ3n) is 3.64. The van der Waals surface area contributed by atoms with Crippen LogP contribution in [0.5, 0.6) is 5.75 Å². The van der Waals surface area contributed by atoms with Gasteiger partial charge in [0.05, 0.1) is 10.4 Å². The van der Waals surface area contributed by atoms with Crippen LogP contribution < -0.4 is 0 Å². The molecule has 0 aliphatic heterocycles. The van der Waals surface area contributed by atoms with Crippen molar-refractivity contribution in [3.63, 3.8) is 0 Å². The second-order valence-electron chi connectivity index (χ2n) is 5.18. The van der Waals surface area contributed by atoms with E-state index in [1.54, 1.807) is 0 Å². The molecule has 2 aromatic heterocycles. The van der Waals surface area contributed by atoms with Crippen LogP contribution in [0.3, 0.4) is 0 Å².